The van der Waals surface area contributed by atoms with E-state index >= 15 is 0 Å². The molecule has 0 unspecified atom stereocenters. The molecule has 1 aromatic heterocycles. The van der Waals surface area contributed by atoms with Crippen LogP contribution in [0.2, 0.25) is 0 Å². The Bertz CT molecular complexity index is 2000. The van der Waals surface area contributed by atoms with E-state index in [4.69, 9.17) is 13.9 Å². The van der Waals surface area contributed by atoms with E-state index in [1.165, 1.54) is 24.3 Å². The predicted molar refractivity (Wildman–Crippen MR) is 181 cm³/mol. The second-order valence-corrected chi connectivity index (χ2v) is 13.4. The molecule has 0 saturated heterocycles. The summed E-state index contributed by atoms with van der Waals surface area (Å²) in [6, 6.07) is 26.0. The number of nitrogens with one attached hydrogen (secondary N) is 2. The lowest BCUT2D eigenvalue weighted by Crippen LogP contribution is -2.19. The highest BCUT2D eigenvalue weighted by molar-refractivity contribution is 7.92. The van der Waals surface area contributed by atoms with E-state index in [2.05, 4.69) is 16.6 Å². The number of benzene rings is 4. The number of rotatable bonds is 14. The predicted octanol–water partition coefficient (Wildman–Crippen LogP) is 8.17. The van der Waals surface area contributed by atoms with Crippen molar-refractivity contribution < 1.29 is 31.5 Å². The summed E-state index contributed by atoms with van der Waals surface area (Å²) in [4.78, 5) is 13.2. The van der Waals surface area contributed by atoms with Crippen molar-refractivity contribution in [2.24, 2.45) is 0 Å². The van der Waals surface area contributed by atoms with Gasteiger partial charge in [0.2, 0.25) is 10.0 Å². The van der Waals surface area contributed by atoms with E-state index in [0.29, 0.717) is 57.2 Å². The van der Waals surface area contributed by atoms with Crippen LogP contribution in [0.4, 0.5) is 10.1 Å². The lowest BCUT2D eigenvalue weighted by molar-refractivity contribution is 0.0964. The number of halogens is 1. The van der Waals surface area contributed by atoms with Gasteiger partial charge in [-0.15, -0.1) is 0 Å². The van der Waals surface area contributed by atoms with Crippen LogP contribution >= 0.6 is 0 Å². The Labute approximate surface area is 273 Å². The summed E-state index contributed by atoms with van der Waals surface area (Å²) in [5.41, 5.74) is 4.36. The Balaban J connectivity index is 1.21. The minimum atomic E-state index is -3.74. The van der Waals surface area contributed by atoms with Crippen LogP contribution in [0.15, 0.2) is 108 Å². The second kappa shape index (κ2) is 13.8. The van der Waals surface area contributed by atoms with E-state index in [1.54, 1.807) is 37.4 Å². The maximum Gasteiger partial charge on any atom is 0.255 e. The van der Waals surface area contributed by atoms with Gasteiger partial charge in [0.1, 0.15) is 28.7 Å². The zero-order chi connectivity index (χ0) is 33.0. The summed E-state index contributed by atoms with van der Waals surface area (Å²) in [5, 5.41) is 3.30. The number of amides is 1. The number of carbonyl (C=O) groups is 1. The fourth-order valence-corrected chi connectivity index (χ4v) is 6.48. The standard InChI is InChI=1S/C37H35FN2O6S/c1-24(22-44-23-25-6-4-3-5-7-25)18-19-47(42,43)40-33-21-34-32(20-31(33)26-8-9-26)35(37(41)39-2)36(46-34)27-10-14-29(15-11-27)45-30-16-12-28(38)13-17-30/h3-7,10-17,20-21,26,40H,1,8-9,18-19,22-23H2,2H3,(H,39,41). The highest BCUT2D eigenvalue weighted by atomic mass is 32.2. The molecule has 4 aromatic carbocycles. The molecule has 1 heterocycles. The zero-order valence-electron chi connectivity index (χ0n) is 25.9. The van der Waals surface area contributed by atoms with Crippen LogP contribution in [-0.2, 0) is 21.4 Å². The van der Waals surface area contributed by atoms with Gasteiger partial charge in [0.15, 0.2) is 0 Å². The number of carbonyl (C=O) groups excluding carboxylic acids is 1. The third-order valence-corrected chi connectivity index (χ3v) is 9.18. The first-order chi connectivity index (χ1) is 22.7. The molecule has 1 saturated carbocycles. The highest BCUT2D eigenvalue weighted by Crippen LogP contribution is 2.47. The van der Waals surface area contributed by atoms with Crippen LogP contribution in [0.5, 0.6) is 11.5 Å². The van der Waals surface area contributed by atoms with Crippen molar-refractivity contribution in [3.8, 4) is 22.8 Å². The van der Waals surface area contributed by atoms with Gasteiger partial charge in [0.05, 0.1) is 30.2 Å². The number of fused-ring (bicyclic) bond motifs is 1. The van der Waals surface area contributed by atoms with Gasteiger partial charge in [0.25, 0.3) is 5.91 Å². The first-order valence-corrected chi connectivity index (χ1v) is 17.0. The molecule has 0 bridgehead atoms. The van der Waals surface area contributed by atoms with Crippen LogP contribution in [-0.4, -0.2) is 33.7 Å². The largest absolute Gasteiger partial charge is 0.457 e. The fraction of sp³-hybridized carbons (Fsp3) is 0.216. The average molecular weight is 655 g/mol. The van der Waals surface area contributed by atoms with Crippen molar-refractivity contribution in [3.05, 3.63) is 126 Å². The molecule has 10 heteroatoms. The van der Waals surface area contributed by atoms with Crippen molar-refractivity contribution in [1.29, 1.82) is 0 Å². The fourth-order valence-electron chi connectivity index (χ4n) is 5.30. The number of furan rings is 1. The lowest BCUT2D eigenvalue weighted by atomic mass is 10.0. The summed E-state index contributed by atoms with van der Waals surface area (Å²) in [5.74, 6) is 0.702. The Morgan fingerprint density at radius 3 is 2.32 bits per heavy atom. The number of anilines is 1. The molecule has 0 spiro atoms. The molecule has 1 aliphatic carbocycles. The Morgan fingerprint density at radius 1 is 0.979 bits per heavy atom. The SMILES string of the molecule is C=C(CCS(=O)(=O)Nc1cc2oc(-c3ccc(Oc4ccc(F)cc4)cc3)c(C(=O)NC)c2cc1C1CC1)COCc1ccccc1. The van der Waals surface area contributed by atoms with Gasteiger partial charge in [-0.25, -0.2) is 12.8 Å². The molecule has 242 valence electrons. The number of hydrogen-bond donors (Lipinski definition) is 2. The van der Waals surface area contributed by atoms with Crippen molar-refractivity contribution in [3.63, 3.8) is 0 Å². The Hall–Kier alpha value is -4.93. The normalized spacial score (nSPS) is 13.0. The minimum absolute atomic E-state index is 0.151. The number of hydrogen-bond acceptors (Lipinski definition) is 6. The summed E-state index contributed by atoms with van der Waals surface area (Å²) >= 11 is 0. The maximum atomic E-state index is 13.3. The number of sulfonamides is 1. The highest BCUT2D eigenvalue weighted by Gasteiger charge is 2.31. The molecule has 1 fully saturated rings. The van der Waals surface area contributed by atoms with E-state index in [-0.39, 0.29) is 36.4 Å². The lowest BCUT2D eigenvalue weighted by Gasteiger charge is -2.14. The van der Waals surface area contributed by atoms with Crippen LogP contribution < -0.4 is 14.8 Å². The average Bonchev–Trinajstić information content (AvgIpc) is 3.85. The third-order valence-electron chi connectivity index (χ3n) is 7.90. The van der Waals surface area contributed by atoms with Gasteiger partial charge < -0.3 is 19.2 Å². The van der Waals surface area contributed by atoms with E-state index in [9.17, 15) is 17.6 Å². The first-order valence-electron chi connectivity index (χ1n) is 15.3. The van der Waals surface area contributed by atoms with E-state index < -0.39 is 10.0 Å². The summed E-state index contributed by atoms with van der Waals surface area (Å²) in [6.07, 6.45) is 2.09. The van der Waals surface area contributed by atoms with Crippen LogP contribution in [0.25, 0.3) is 22.3 Å². The van der Waals surface area contributed by atoms with Crippen LogP contribution in [0, 0.1) is 5.82 Å². The number of ether oxygens (including phenoxy) is 2. The van der Waals surface area contributed by atoms with Gasteiger partial charge in [-0.3, -0.25) is 9.52 Å². The molecular weight excluding hydrogens is 619 g/mol. The van der Waals surface area contributed by atoms with Crippen molar-refractivity contribution in [1.82, 2.24) is 5.32 Å². The van der Waals surface area contributed by atoms with Crippen LogP contribution in [0.1, 0.15) is 46.7 Å². The first kappa shape index (κ1) is 32.0. The molecule has 8 nitrogen and oxygen atoms in total. The molecule has 1 amide bonds. The van der Waals surface area contributed by atoms with Crippen molar-refractivity contribution >= 4 is 32.6 Å². The molecule has 0 atom stereocenters. The zero-order valence-corrected chi connectivity index (χ0v) is 26.7. The van der Waals surface area contributed by atoms with Crippen molar-refractivity contribution in [2.75, 3.05) is 24.1 Å². The van der Waals surface area contributed by atoms with Crippen LogP contribution in [0.3, 0.4) is 0 Å². The van der Waals surface area contributed by atoms with Gasteiger partial charge >= 0.3 is 0 Å². The second-order valence-electron chi connectivity index (χ2n) is 11.6. The molecule has 1 aliphatic rings. The summed E-state index contributed by atoms with van der Waals surface area (Å²) < 4.78 is 60.3. The monoisotopic (exact) mass is 654 g/mol. The molecule has 0 aliphatic heterocycles. The molecule has 47 heavy (non-hydrogen) atoms. The van der Waals surface area contributed by atoms with E-state index in [1.807, 2.05) is 36.4 Å². The smallest absolute Gasteiger partial charge is 0.255 e. The third kappa shape index (κ3) is 7.90. The molecular formula is C37H35FN2O6S. The summed E-state index contributed by atoms with van der Waals surface area (Å²) in [7, 11) is -2.18. The minimum Gasteiger partial charge on any atom is -0.457 e. The molecule has 5 aromatic rings. The molecule has 6 rings (SSSR count). The Kier molecular flexibility index (Phi) is 9.42. The van der Waals surface area contributed by atoms with Gasteiger partial charge in [-0.2, -0.15) is 0 Å². The Morgan fingerprint density at radius 2 is 1.66 bits per heavy atom. The van der Waals surface area contributed by atoms with E-state index in [0.717, 1.165) is 24.0 Å². The molecule has 0 radical (unpaired) electrons. The van der Waals surface area contributed by atoms with Gasteiger partial charge in [0, 0.05) is 24.1 Å². The summed E-state index contributed by atoms with van der Waals surface area (Å²) in [6.45, 7) is 4.68. The quantitative estimate of drug-likeness (QED) is 0.117. The topological polar surface area (TPSA) is 107 Å². The maximum absolute atomic E-state index is 13.3. The van der Waals surface area contributed by atoms with Gasteiger partial charge in [-0.1, -0.05) is 42.5 Å². The van der Waals surface area contributed by atoms with Gasteiger partial charge in [-0.05, 0) is 90.9 Å². The molecule has 2 N–H and O–H groups in total. The van der Waals surface area contributed by atoms with Crippen molar-refractivity contribution in [2.45, 2.75) is 31.8 Å².